The minimum atomic E-state index is -4.58. The molecule has 136 valence electrons. The monoisotopic (exact) mass is 365 g/mol. The summed E-state index contributed by atoms with van der Waals surface area (Å²) in [6.45, 7) is 0.795. The molecule has 0 bridgehead atoms. The molecule has 0 radical (unpaired) electrons. The van der Waals surface area contributed by atoms with E-state index in [0.717, 1.165) is 12.4 Å². The van der Waals surface area contributed by atoms with Crippen molar-refractivity contribution in [3.63, 3.8) is 0 Å². The molecule has 10 heteroatoms. The SMILES string of the molecule is O=C(c1ccco1)N1CCC[C@@H](c2cc(C(F)(F)F)n3ncnc3n2)C1. The molecule has 0 saturated carbocycles. The van der Waals surface area contributed by atoms with Crippen LogP contribution in [0.1, 0.15) is 40.7 Å². The molecule has 4 heterocycles. The normalized spacial score (nSPS) is 18.4. The van der Waals surface area contributed by atoms with Gasteiger partial charge in [0.15, 0.2) is 11.5 Å². The number of hydrogen-bond acceptors (Lipinski definition) is 5. The fourth-order valence-corrected chi connectivity index (χ4v) is 3.20. The van der Waals surface area contributed by atoms with Gasteiger partial charge in [-0.1, -0.05) is 0 Å². The van der Waals surface area contributed by atoms with Crippen LogP contribution in [0.15, 0.2) is 35.2 Å². The smallest absolute Gasteiger partial charge is 0.433 e. The van der Waals surface area contributed by atoms with Crippen molar-refractivity contribution >= 4 is 11.7 Å². The number of carbonyl (C=O) groups excluding carboxylic acids is 1. The summed E-state index contributed by atoms with van der Waals surface area (Å²) in [5.41, 5.74) is -0.667. The maximum atomic E-state index is 13.3. The van der Waals surface area contributed by atoms with E-state index >= 15 is 0 Å². The summed E-state index contributed by atoms with van der Waals surface area (Å²) in [5.74, 6) is -0.489. The lowest BCUT2D eigenvalue weighted by Crippen LogP contribution is -2.39. The van der Waals surface area contributed by atoms with Crippen molar-refractivity contribution in [1.82, 2.24) is 24.5 Å². The molecule has 1 fully saturated rings. The van der Waals surface area contributed by atoms with E-state index in [-0.39, 0.29) is 35.6 Å². The van der Waals surface area contributed by atoms with E-state index in [1.54, 1.807) is 17.0 Å². The highest BCUT2D eigenvalue weighted by Gasteiger charge is 2.36. The third kappa shape index (κ3) is 2.91. The molecule has 0 unspecified atom stereocenters. The van der Waals surface area contributed by atoms with E-state index in [0.29, 0.717) is 23.9 Å². The third-order valence-corrected chi connectivity index (χ3v) is 4.42. The molecule has 0 N–H and O–H groups in total. The van der Waals surface area contributed by atoms with Crippen molar-refractivity contribution in [2.24, 2.45) is 0 Å². The zero-order valence-electron chi connectivity index (χ0n) is 13.5. The molecule has 7 nitrogen and oxygen atoms in total. The number of alkyl halides is 3. The summed E-state index contributed by atoms with van der Waals surface area (Å²) >= 11 is 0. The average Bonchev–Trinajstić information content (AvgIpc) is 3.31. The number of fused-ring (bicyclic) bond motifs is 1. The maximum absolute atomic E-state index is 13.3. The number of likely N-dealkylation sites (tertiary alicyclic amines) is 1. The molecule has 4 rings (SSSR count). The fourth-order valence-electron chi connectivity index (χ4n) is 3.20. The number of piperidine rings is 1. The van der Waals surface area contributed by atoms with Crippen LogP contribution >= 0.6 is 0 Å². The summed E-state index contributed by atoms with van der Waals surface area (Å²) in [5, 5.41) is 3.59. The van der Waals surface area contributed by atoms with Gasteiger partial charge in [-0.3, -0.25) is 4.79 Å². The van der Waals surface area contributed by atoms with Gasteiger partial charge in [-0.05, 0) is 31.0 Å². The second-order valence-electron chi connectivity index (χ2n) is 6.10. The molecule has 0 aliphatic carbocycles. The van der Waals surface area contributed by atoms with E-state index in [1.165, 1.54) is 6.26 Å². The Morgan fingerprint density at radius 2 is 2.19 bits per heavy atom. The van der Waals surface area contributed by atoms with E-state index in [1.807, 2.05) is 0 Å². The molecule has 0 aromatic carbocycles. The Morgan fingerprint density at radius 3 is 2.92 bits per heavy atom. The Kier molecular flexibility index (Phi) is 3.89. The van der Waals surface area contributed by atoms with Gasteiger partial charge in [-0.2, -0.15) is 27.8 Å². The van der Waals surface area contributed by atoms with Gasteiger partial charge in [0.25, 0.3) is 11.7 Å². The Hall–Kier alpha value is -2.91. The number of aromatic nitrogens is 4. The third-order valence-electron chi connectivity index (χ3n) is 4.42. The lowest BCUT2D eigenvalue weighted by Gasteiger charge is -2.32. The van der Waals surface area contributed by atoms with Gasteiger partial charge in [0.1, 0.15) is 6.33 Å². The van der Waals surface area contributed by atoms with Crippen LogP contribution < -0.4 is 0 Å². The summed E-state index contributed by atoms with van der Waals surface area (Å²) < 4.78 is 45.8. The Labute approximate surface area is 145 Å². The van der Waals surface area contributed by atoms with Gasteiger partial charge in [0.2, 0.25) is 0 Å². The number of rotatable bonds is 2. The van der Waals surface area contributed by atoms with Crippen molar-refractivity contribution in [3.8, 4) is 0 Å². The van der Waals surface area contributed by atoms with E-state index in [4.69, 9.17) is 4.42 Å². The lowest BCUT2D eigenvalue weighted by molar-refractivity contribution is -0.142. The zero-order chi connectivity index (χ0) is 18.3. The van der Waals surface area contributed by atoms with Gasteiger partial charge in [-0.15, -0.1) is 0 Å². The maximum Gasteiger partial charge on any atom is 0.433 e. The van der Waals surface area contributed by atoms with Crippen LogP contribution in [0.3, 0.4) is 0 Å². The Bertz CT molecular complexity index is 935. The zero-order valence-corrected chi connectivity index (χ0v) is 13.5. The molecule has 1 aliphatic heterocycles. The lowest BCUT2D eigenvalue weighted by atomic mass is 9.94. The van der Waals surface area contributed by atoms with Gasteiger partial charge >= 0.3 is 6.18 Å². The van der Waals surface area contributed by atoms with Gasteiger partial charge < -0.3 is 9.32 Å². The van der Waals surface area contributed by atoms with E-state index in [2.05, 4.69) is 15.1 Å². The molecule has 1 saturated heterocycles. The number of amides is 1. The first-order valence-corrected chi connectivity index (χ1v) is 8.04. The minimum absolute atomic E-state index is 0.107. The molecule has 3 aromatic heterocycles. The first-order valence-electron chi connectivity index (χ1n) is 8.04. The van der Waals surface area contributed by atoms with Crippen LogP contribution in [-0.2, 0) is 6.18 Å². The molecule has 26 heavy (non-hydrogen) atoms. The molecule has 1 amide bonds. The number of carbonyl (C=O) groups is 1. The second-order valence-corrected chi connectivity index (χ2v) is 6.10. The van der Waals surface area contributed by atoms with E-state index in [9.17, 15) is 18.0 Å². The van der Waals surface area contributed by atoms with Crippen molar-refractivity contribution in [3.05, 3.63) is 47.9 Å². The van der Waals surface area contributed by atoms with Crippen LogP contribution in [0.25, 0.3) is 5.78 Å². The van der Waals surface area contributed by atoms with Crippen LogP contribution in [0, 0.1) is 0 Å². The summed E-state index contributed by atoms with van der Waals surface area (Å²) in [7, 11) is 0. The summed E-state index contributed by atoms with van der Waals surface area (Å²) in [6, 6.07) is 4.17. The van der Waals surface area contributed by atoms with Crippen molar-refractivity contribution in [1.29, 1.82) is 0 Å². The van der Waals surface area contributed by atoms with Crippen molar-refractivity contribution in [2.75, 3.05) is 13.1 Å². The number of hydrogen-bond donors (Lipinski definition) is 0. The van der Waals surface area contributed by atoms with Crippen molar-refractivity contribution in [2.45, 2.75) is 24.9 Å². The molecule has 3 aromatic rings. The first kappa shape index (κ1) is 16.6. The predicted octanol–water partition coefficient (Wildman–Crippen LogP) is 2.76. The molecule has 1 aliphatic rings. The standard InChI is InChI=1S/C16H14F3N5O2/c17-16(18,19)13-7-11(22-15-20-9-21-24(13)15)10-3-1-5-23(8-10)14(25)12-4-2-6-26-12/h2,4,6-7,9-10H,1,3,5,8H2/t10-/m1/s1. The van der Waals surface area contributed by atoms with Crippen LogP contribution in [-0.4, -0.2) is 43.5 Å². The number of halogens is 3. The molecule has 0 spiro atoms. The first-order chi connectivity index (χ1) is 12.4. The predicted molar refractivity (Wildman–Crippen MR) is 82.4 cm³/mol. The van der Waals surface area contributed by atoms with Gasteiger partial charge in [0.05, 0.1) is 12.0 Å². The summed E-state index contributed by atoms with van der Waals surface area (Å²) in [4.78, 5) is 22.0. The minimum Gasteiger partial charge on any atom is -0.459 e. The summed E-state index contributed by atoms with van der Waals surface area (Å²) in [6.07, 6.45) is -0.837. The van der Waals surface area contributed by atoms with Gasteiger partial charge in [-0.25, -0.2) is 4.98 Å². The molecule has 1 atom stereocenters. The van der Waals surface area contributed by atoms with Crippen LogP contribution in [0.4, 0.5) is 13.2 Å². The van der Waals surface area contributed by atoms with Gasteiger partial charge in [0, 0.05) is 19.0 Å². The van der Waals surface area contributed by atoms with Crippen LogP contribution in [0.5, 0.6) is 0 Å². The Balaban J connectivity index is 1.66. The largest absolute Gasteiger partial charge is 0.459 e. The number of furan rings is 1. The van der Waals surface area contributed by atoms with Crippen molar-refractivity contribution < 1.29 is 22.4 Å². The second kappa shape index (κ2) is 6.11. The topological polar surface area (TPSA) is 76.5 Å². The average molecular weight is 365 g/mol. The number of nitrogens with zero attached hydrogens (tertiary/aromatic N) is 5. The Morgan fingerprint density at radius 1 is 1.35 bits per heavy atom. The highest BCUT2D eigenvalue weighted by atomic mass is 19.4. The molecular formula is C16H14F3N5O2. The highest BCUT2D eigenvalue weighted by molar-refractivity contribution is 5.91. The van der Waals surface area contributed by atoms with E-state index < -0.39 is 11.9 Å². The highest BCUT2D eigenvalue weighted by Crippen LogP contribution is 2.33. The fraction of sp³-hybridized carbons (Fsp3) is 0.375. The molecular weight excluding hydrogens is 351 g/mol. The van der Waals surface area contributed by atoms with Crippen LogP contribution in [0.2, 0.25) is 0 Å². The quantitative estimate of drug-likeness (QED) is 0.698.